The van der Waals surface area contributed by atoms with Gasteiger partial charge in [-0.2, -0.15) is 5.26 Å². The van der Waals surface area contributed by atoms with Crippen LogP contribution in [0.5, 0.6) is 0 Å². The van der Waals surface area contributed by atoms with E-state index in [0.717, 1.165) is 0 Å². The van der Waals surface area contributed by atoms with Crippen molar-refractivity contribution in [1.82, 2.24) is 0 Å². The minimum atomic E-state index is -1.55. The van der Waals surface area contributed by atoms with Crippen LogP contribution in [0.3, 0.4) is 0 Å². The molecular weight excluding hydrogens is 216 g/mol. The number of oxime groups is 1. The lowest BCUT2D eigenvalue weighted by Gasteiger charge is -2.17. The molecule has 1 fully saturated rings. The largest absolute Gasteiger partial charge is 0.410 e. The number of hydrogen-bond donors (Lipinski definition) is 2. The lowest BCUT2D eigenvalue weighted by molar-refractivity contribution is -0.154. The van der Waals surface area contributed by atoms with Gasteiger partial charge in [0.15, 0.2) is 5.79 Å². The predicted molar refractivity (Wildman–Crippen MR) is 51.7 cm³/mol. The molecule has 2 unspecified atom stereocenters. The Kier molecular flexibility index (Phi) is 4.20. The van der Waals surface area contributed by atoms with Gasteiger partial charge in [0.1, 0.15) is 12.2 Å². The van der Waals surface area contributed by atoms with Crippen molar-refractivity contribution in [2.24, 2.45) is 5.16 Å². The highest BCUT2D eigenvalue weighted by molar-refractivity contribution is 6.00. The standard InChI is InChI=1S/C9H14N2O5/c1-9(2)15-5-6(16-9)4-14-8(12)7(3-10)11-13/h6,8,12-13H,4-5H2,1-2H3/b11-7-. The first-order valence-electron chi connectivity index (χ1n) is 4.72. The fourth-order valence-corrected chi connectivity index (χ4v) is 1.25. The molecule has 0 saturated carbocycles. The molecule has 90 valence electrons. The maximum atomic E-state index is 9.27. The van der Waals surface area contributed by atoms with Gasteiger partial charge in [0.25, 0.3) is 0 Å². The van der Waals surface area contributed by atoms with E-state index in [1.165, 1.54) is 6.07 Å². The Morgan fingerprint density at radius 1 is 1.75 bits per heavy atom. The average molecular weight is 230 g/mol. The maximum absolute atomic E-state index is 9.27. The molecule has 0 aliphatic carbocycles. The van der Waals surface area contributed by atoms with Crippen LogP contribution >= 0.6 is 0 Å². The van der Waals surface area contributed by atoms with Gasteiger partial charge in [0.2, 0.25) is 12.0 Å². The quantitative estimate of drug-likeness (QED) is 0.300. The second kappa shape index (κ2) is 5.23. The van der Waals surface area contributed by atoms with Crippen LogP contribution in [0.1, 0.15) is 13.8 Å². The zero-order valence-electron chi connectivity index (χ0n) is 9.08. The Hall–Kier alpha value is -1.20. The summed E-state index contributed by atoms with van der Waals surface area (Å²) in [5, 5.41) is 28.6. The number of ether oxygens (including phenoxy) is 3. The molecule has 1 heterocycles. The van der Waals surface area contributed by atoms with Crippen molar-refractivity contribution in [2.45, 2.75) is 32.0 Å². The van der Waals surface area contributed by atoms with Gasteiger partial charge >= 0.3 is 0 Å². The van der Waals surface area contributed by atoms with E-state index in [2.05, 4.69) is 5.16 Å². The van der Waals surface area contributed by atoms with E-state index in [-0.39, 0.29) is 12.7 Å². The number of rotatable bonds is 4. The zero-order chi connectivity index (χ0) is 12.2. The van der Waals surface area contributed by atoms with Crippen LogP contribution in [0.15, 0.2) is 5.16 Å². The van der Waals surface area contributed by atoms with Gasteiger partial charge in [-0.05, 0) is 13.8 Å². The molecule has 7 heteroatoms. The molecule has 0 aromatic rings. The summed E-state index contributed by atoms with van der Waals surface area (Å²) in [6.45, 7) is 3.92. The molecule has 1 aliphatic rings. The second-order valence-corrected chi connectivity index (χ2v) is 3.73. The molecule has 0 spiro atoms. The van der Waals surface area contributed by atoms with E-state index >= 15 is 0 Å². The predicted octanol–water partition coefficient (Wildman–Crippen LogP) is -0.173. The average Bonchev–Trinajstić information content (AvgIpc) is 2.57. The first kappa shape index (κ1) is 12.9. The summed E-state index contributed by atoms with van der Waals surface area (Å²) < 4.78 is 15.6. The molecule has 1 aliphatic heterocycles. The fraction of sp³-hybridized carbons (Fsp3) is 0.778. The highest BCUT2D eigenvalue weighted by Crippen LogP contribution is 2.22. The Bertz CT molecular complexity index is 310. The van der Waals surface area contributed by atoms with Crippen LogP contribution in [-0.4, -0.2) is 47.4 Å². The summed E-state index contributed by atoms with van der Waals surface area (Å²) in [6.07, 6.45) is -1.87. The van der Waals surface area contributed by atoms with Gasteiger partial charge in [0.05, 0.1) is 13.2 Å². The van der Waals surface area contributed by atoms with Crippen LogP contribution in [0.2, 0.25) is 0 Å². The topological polar surface area (TPSA) is 104 Å². The Balaban J connectivity index is 2.34. The van der Waals surface area contributed by atoms with Crippen LogP contribution < -0.4 is 0 Å². The molecule has 2 N–H and O–H groups in total. The molecule has 1 rings (SSSR count). The van der Waals surface area contributed by atoms with Crippen molar-refractivity contribution in [2.75, 3.05) is 13.2 Å². The van der Waals surface area contributed by atoms with E-state index in [4.69, 9.17) is 24.7 Å². The van der Waals surface area contributed by atoms with Crippen LogP contribution in [-0.2, 0) is 14.2 Å². The summed E-state index contributed by atoms with van der Waals surface area (Å²) >= 11 is 0. The minimum absolute atomic E-state index is 0.0469. The van der Waals surface area contributed by atoms with E-state index in [1.54, 1.807) is 13.8 Å². The lowest BCUT2D eigenvalue weighted by Crippen LogP contribution is -2.29. The van der Waals surface area contributed by atoms with Gasteiger partial charge in [-0.3, -0.25) is 0 Å². The number of aliphatic hydroxyl groups is 1. The molecule has 2 atom stereocenters. The molecule has 0 radical (unpaired) electrons. The SMILES string of the molecule is CC1(C)OCC(COC(O)/C(C#N)=N\O)O1. The van der Waals surface area contributed by atoms with Crippen molar-refractivity contribution in [3.63, 3.8) is 0 Å². The van der Waals surface area contributed by atoms with Crippen LogP contribution in [0.4, 0.5) is 0 Å². The summed E-state index contributed by atoms with van der Waals surface area (Å²) in [4.78, 5) is 0. The zero-order valence-corrected chi connectivity index (χ0v) is 9.08. The number of nitrogens with zero attached hydrogens (tertiary/aromatic N) is 2. The van der Waals surface area contributed by atoms with Crippen molar-refractivity contribution in [3.05, 3.63) is 0 Å². The normalized spacial score (nSPS) is 26.4. The first-order chi connectivity index (χ1) is 7.48. The summed E-state index contributed by atoms with van der Waals surface area (Å²) in [5.74, 6) is -0.665. The monoisotopic (exact) mass is 230 g/mol. The molecule has 16 heavy (non-hydrogen) atoms. The van der Waals surface area contributed by atoms with Gasteiger partial charge in [-0.15, -0.1) is 0 Å². The molecule has 0 bridgehead atoms. The van der Waals surface area contributed by atoms with E-state index < -0.39 is 17.8 Å². The summed E-state index contributed by atoms with van der Waals surface area (Å²) in [7, 11) is 0. The minimum Gasteiger partial charge on any atom is -0.410 e. The third-order valence-corrected chi connectivity index (χ3v) is 1.96. The smallest absolute Gasteiger partial charge is 0.212 e. The van der Waals surface area contributed by atoms with E-state index in [1.807, 2.05) is 0 Å². The van der Waals surface area contributed by atoms with Crippen LogP contribution in [0, 0.1) is 11.3 Å². The summed E-state index contributed by atoms with van der Waals surface area (Å²) in [5.41, 5.74) is -0.502. The molecular formula is C9H14N2O5. The second-order valence-electron chi connectivity index (χ2n) is 3.73. The van der Waals surface area contributed by atoms with Crippen molar-refractivity contribution >= 4 is 5.71 Å². The fourth-order valence-electron chi connectivity index (χ4n) is 1.25. The molecule has 0 aromatic carbocycles. The van der Waals surface area contributed by atoms with E-state index in [9.17, 15) is 5.11 Å². The van der Waals surface area contributed by atoms with Gasteiger partial charge in [-0.1, -0.05) is 5.16 Å². The molecule has 7 nitrogen and oxygen atoms in total. The number of hydrogen-bond acceptors (Lipinski definition) is 7. The van der Waals surface area contributed by atoms with Crippen molar-refractivity contribution in [3.8, 4) is 6.07 Å². The molecule has 0 amide bonds. The van der Waals surface area contributed by atoms with Gasteiger partial charge in [-0.25, -0.2) is 0 Å². The van der Waals surface area contributed by atoms with Gasteiger partial charge < -0.3 is 24.5 Å². The van der Waals surface area contributed by atoms with Crippen molar-refractivity contribution < 1.29 is 24.5 Å². The third-order valence-electron chi connectivity index (χ3n) is 1.96. The summed E-state index contributed by atoms with van der Waals surface area (Å²) in [6, 6.07) is 1.50. The Morgan fingerprint density at radius 2 is 2.44 bits per heavy atom. The third kappa shape index (κ3) is 3.43. The van der Waals surface area contributed by atoms with Gasteiger partial charge in [0, 0.05) is 0 Å². The van der Waals surface area contributed by atoms with E-state index in [0.29, 0.717) is 6.61 Å². The number of nitriles is 1. The first-order valence-corrected chi connectivity index (χ1v) is 4.72. The Morgan fingerprint density at radius 3 is 2.88 bits per heavy atom. The van der Waals surface area contributed by atoms with Crippen molar-refractivity contribution in [1.29, 1.82) is 5.26 Å². The Labute approximate surface area is 92.8 Å². The number of aliphatic hydroxyl groups excluding tert-OH is 1. The molecule has 1 saturated heterocycles. The maximum Gasteiger partial charge on any atom is 0.212 e. The highest BCUT2D eigenvalue weighted by Gasteiger charge is 2.33. The van der Waals surface area contributed by atoms with Crippen LogP contribution in [0.25, 0.3) is 0 Å². The molecule has 0 aromatic heterocycles. The highest BCUT2D eigenvalue weighted by atomic mass is 16.8. The lowest BCUT2D eigenvalue weighted by atomic mass is 10.4.